The van der Waals surface area contributed by atoms with Gasteiger partial charge in [-0.3, -0.25) is 4.98 Å². The van der Waals surface area contributed by atoms with Crippen molar-refractivity contribution < 1.29 is 18.3 Å². The van der Waals surface area contributed by atoms with E-state index in [2.05, 4.69) is 20.0 Å². The van der Waals surface area contributed by atoms with E-state index >= 15 is 0 Å². The number of alkyl halides is 2. The predicted octanol–water partition coefficient (Wildman–Crippen LogP) is 3.23. The van der Waals surface area contributed by atoms with E-state index in [9.17, 15) is 8.78 Å². The van der Waals surface area contributed by atoms with Gasteiger partial charge in [-0.05, 0) is 18.2 Å². The molecular formula is C17H19F2IN4O2. The summed E-state index contributed by atoms with van der Waals surface area (Å²) in [6.07, 6.45) is 2.01. The summed E-state index contributed by atoms with van der Waals surface area (Å²) in [4.78, 5) is 8.26. The summed E-state index contributed by atoms with van der Waals surface area (Å²) >= 11 is 0. The molecule has 1 aliphatic rings. The number of benzene rings is 1. The quantitative estimate of drug-likeness (QED) is 0.394. The minimum atomic E-state index is -2.87. The number of nitrogens with two attached hydrogens (primary N) is 1. The van der Waals surface area contributed by atoms with Gasteiger partial charge < -0.3 is 20.5 Å². The second-order valence-corrected chi connectivity index (χ2v) is 5.44. The van der Waals surface area contributed by atoms with Crippen molar-refractivity contribution in [1.82, 2.24) is 10.3 Å². The zero-order chi connectivity index (χ0) is 17.6. The Morgan fingerprint density at radius 2 is 2.15 bits per heavy atom. The molecule has 0 fully saturated rings. The highest BCUT2D eigenvalue weighted by atomic mass is 127. The van der Waals surface area contributed by atoms with Crippen LogP contribution in [0, 0.1) is 0 Å². The molecule has 6 nitrogen and oxygen atoms in total. The normalized spacial score (nSPS) is 16.3. The number of hydrogen-bond donors (Lipinski definition) is 2. The number of pyridine rings is 1. The number of nitrogens with one attached hydrogen (secondary N) is 1. The van der Waals surface area contributed by atoms with Gasteiger partial charge >= 0.3 is 6.61 Å². The van der Waals surface area contributed by atoms with Gasteiger partial charge in [0.2, 0.25) is 0 Å². The van der Waals surface area contributed by atoms with Gasteiger partial charge in [-0.25, -0.2) is 4.99 Å². The largest absolute Gasteiger partial charge is 0.493 e. The maximum Gasteiger partial charge on any atom is 0.387 e. The number of ether oxygens (including phenoxy) is 2. The molecule has 2 heterocycles. The van der Waals surface area contributed by atoms with Crippen molar-refractivity contribution in [2.45, 2.75) is 25.6 Å². The molecule has 1 atom stereocenters. The third kappa shape index (κ3) is 5.41. The Morgan fingerprint density at radius 1 is 1.35 bits per heavy atom. The van der Waals surface area contributed by atoms with E-state index in [-0.39, 0.29) is 48.3 Å². The summed E-state index contributed by atoms with van der Waals surface area (Å²) in [5.74, 6) is 1.14. The number of aromatic nitrogens is 1. The van der Waals surface area contributed by atoms with Gasteiger partial charge in [0.25, 0.3) is 0 Å². The highest BCUT2D eigenvalue weighted by Crippen LogP contribution is 2.31. The summed E-state index contributed by atoms with van der Waals surface area (Å²) in [6, 6.07) is 10.8. The SMILES string of the molecule is I.NC(=NCc1ccc(OC(F)F)cn1)NC1CCOc2ccccc21. The Bertz CT molecular complexity index is 744. The average Bonchev–Trinajstić information content (AvgIpc) is 2.61. The molecule has 0 bridgehead atoms. The van der Waals surface area contributed by atoms with Crippen LogP contribution in [0.15, 0.2) is 47.6 Å². The number of aliphatic imine (C=N–C) groups is 1. The van der Waals surface area contributed by atoms with Gasteiger partial charge in [0, 0.05) is 12.0 Å². The molecule has 0 spiro atoms. The summed E-state index contributed by atoms with van der Waals surface area (Å²) in [7, 11) is 0. The van der Waals surface area contributed by atoms with Crippen LogP contribution in [-0.4, -0.2) is 24.2 Å². The van der Waals surface area contributed by atoms with Crippen LogP contribution in [-0.2, 0) is 6.54 Å². The van der Waals surface area contributed by atoms with Crippen molar-refractivity contribution >= 4 is 29.9 Å². The minimum absolute atomic E-state index is 0. The van der Waals surface area contributed by atoms with Gasteiger partial charge in [0.05, 0.1) is 31.1 Å². The smallest absolute Gasteiger partial charge is 0.387 e. The van der Waals surface area contributed by atoms with Gasteiger partial charge in [0.15, 0.2) is 5.96 Å². The maximum absolute atomic E-state index is 12.1. The van der Waals surface area contributed by atoms with E-state index in [1.54, 1.807) is 6.07 Å². The van der Waals surface area contributed by atoms with E-state index in [1.807, 2.05) is 24.3 Å². The third-order valence-corrected chi connectivity index (χ3v) is 3.71. The molecule has 1 aromatic heterocycles. The van der Waals surface area contributed by atoms with Crippen molar-refractivity contribution in [2.75, 3.05) is 6.61 Å². The van der Waals surface area contributed by atoms with Crippen molar-refractivity contribution in [1.29, 1.82) is 0 Å². The lowest BCUT2D eigenvalue weighted by Crippen LogP contribution is -2.37. The summed E-state index contributed by atoms with van der Waals surface area (Å²) in [5.41, 5.74) is 7.59. The Kier molecular flexibility index (Phi) is 7.37. The molecule has 140 valence electrons. The van der Waals surface area contributed by atoms with Crippen LogP contribution in [0.2, 0.25) is 0 Å². The fourth-order valence-electron chi connectivity index (χ4n) is 2.56. The van der Waals surface area contributed by atoms with Gasteiger partial charge in [-0.15, -0.1) is 24.0 Å². The van der Waals surface area contributed by atoms with Crippen LogP contribution in [0.3, 0.4) is 0 Å². The molecule has 0 radical (unpaired) electrons. The monoisotopic (exact) mass is 476 g/mol. The van der Waals surface area contributed by atoms with Crippen molar-refractivity contribution in [3.63, 3.8) is 0 Å². The highest BCUT2D eigenvalue weighted by Gasteiger charge is 2.21. The number of nitrogens with zero attached hydrogens (tertiary/aromatic N) is 2. The van der Waals surface area contributed by atoms with Crippen LogP contribution in [0.1, 0.15) is 23.7 Å². The Balaban J connectivity index is 0.00000243. The first kappa shape index (κ1) is 20.1. The summed E-state index contributed by atoms with van der Waals surface area (Å²) in [6.45, 7) is -2.03. The second-order valence-electron chi connectivity index (χ2n) is 5.44. The zero-order valence-corrected chi connectivity index (χ0v) is 16.1. The molecule has 3 N–H and O–H groups in total. The standard InChI is InChI=1S/C17H18F2N4O2.HI/c18-16(19)25-12-6-5-11(21-10-12)9-22-17(20)23-14-7-8-24-15-4-2-1-3-13(14)15;/h1-6,10,14,16H,7-9H2,(H3,20,22,23);1H. The van der Waals surface area contributed by atoms with Crippen LogP contribution >= 0.6 is 24.0 Å². The molecule has 0 saturated carbocycles. The van der Waals surface area contributed by atoms with Crippen molar-refractivity contribution in [3.05, 3.63) is 53.9 Å². The molecule has 3 rings (SSSR count). The third-order valence-electron chi connectivity index (χ3n) is 3.71. The maximum atomic E-state index is 12.1. The Labute approximate surface area is 166 Å². The van der Waals surface area contributed by atoms with Gasteiger partial charge in [-0.2, -0.15) is 8.78 Å². The Morgan fingerprint density at radius 3 is 2.88 bits per heavy atom. The first-order valence-electron chi connectivity index (χ1n) is 7.80. The molecule has 1 aromatic carbocycles. The predicted molar refractivity (Wildman–Crippen MR) is 104 cm³/mol. The lowest BCUT2D eigenvalue weighted by molar-refractivity contribution is -0.0500. The highest BCUT2D eigenvalue weighted by molar-refractivity contribution is 14.0. The summed E-state index contributed by atoms with van der Waals surface area (Å²) < 4.78 is 34.1. The molecule has 2 aromatic rings. The number of fused-ring (bicyclic) bond motifs is 1. The van der Waals surface area contributed by atoms with Crippen molar-refractivity contribution in [2.24, 2.45) is 10.7 Å². The van der Waals surface area contributed by atoms with Crippen LogP contribution in [0.5, 0.6) is 11.5 Å². The molecule has 0 saturated heterocycles. The average molecular weight is 476 g/mol. The number of hydrogen-bond acceptors (Lipinski definition) is 4. The summed E-state index contributed by atoms with van der Waals surface area (Å²) in [5, 5.41) is 3.18. The molecular weight excluding hydrogens is 457 g/mol. The molecule has 0 aliphatic carbocycles. The van der Waals surface area contributed by atoms with E-state index in [4.69, 9.17) is 10.5 Å². The molecule has 1 unspecified atom stereocenters. The minimum Gasteiger partial charge on any atom is -0.493 e. The van der Waals surface area contributed by atoms with E-state index in [0.29, 0.717) is 12.3 Å². The number of guanidine groups is 1. The first-order chi connectivity index (χ1) is 12.1. The fraction of sp³-hybridized carbons (Fsp3) is 0.294. The van der Waals surface area contributed by atoms with E-state index < -0.39 is 6.61 Å². The van der Waals surface area contributed by atoms with E-state index in [0.717, 1.165) is 17.7 Å². The molecule has 9 heteroatoms. The number of halogens is 3. The van der Waals surface area contributed by atoms with Gasteiger partial charge in [-0.1, -0.05) is 18.2 Å². The van der Waals surface area contributed by atoms with Crippen LogP contribution in [0.25, 0.3) is 0 Å². The topological polar surface area (TPSA) is 81.8 Å². The second kappa shape index (κ2) is 9.51. The lowest BCUT2D eigenvalue weighted by Gasteiger charge is -2.26. The number of para-hydroxylation sites is 1. The molecule has 26 heavy (non-hydrogen) atoms. The first-order valence-corrected chi connectivity index (χ1v) is 7.80. The zero-order valence-electron chi connectivity index (χ0n) is 13.8. The molecule has 1 aliphatic heterocycles. The lowest BCUT2D eigenvalue weighted by atomic mass is 10.0. The van der Waals surface area contributed by atoms with E-state index in [1.165, 1.54) is 12.3 Å². The van der Waals surface area contributed by atoms with Crippen molar-refractivity contribution in [3.8, 4) is 11.5 Å². The van der Waals surface area contributed by atoms with Crippen LogP contribution < -0.4 is 20.5 Å². The van der Waals surface area contributed by atoms with Gasteiger partial charge in [0.1, 0.15) is 11.5 Å². The van der Waals surface area contributed by atoms with Crippen LogP contribution in [0.4, 0.5) is 8.78 Å². The Hall–Kier alpha value is -2.17. The number of rotatable bonds is 5. The fourth-order valence-corrected chi connectivity index (χ4v) is 2.56. The molecule has 0 amide bonds.